The number of rotatable bonds is 2. The highest BCUT2D eigenvalue weighted by atomic mass is 19.1. The predicted molar refractivity (Wildman–Crippen MR) is 77.8 cm³/mol. The number of fused-ring (bicyclic) bond motifs is 2. The van der Waals surface area contributed by atoms with Crippen molar-refractivity contribution < 1.29 is 4.39 Å². The Hall–Kier alpha value is -1.05. The second kappa shape index (κ2) is 3.97. The standard InChI is InChI=1S/C17H24FN/c1-11-13(18)6-5-7-14(11)19-15-16(2,3)12-8-9-17(15,4)10-12/h5-7,12,15,19H,8-10H2,1-4H3. The van der Waals surface area contributed by atoms with E-state index < -0.39 is 0 Å². The Bertz CT molecular complexity index is 503. The predicted octanol–water partition coefficient (Wildman–Crippen LogP) is 4.76. The Morgan fingerprint density at radius 3 is 2.63 bits per heavy atom. The molecular weight excluding hydrogens is 237 g/mol. The van der Waals surface area contributed by atoms with E-state index in [4.69, 9.17) is 0 Å². The molecule has 2 heteroatoms. The van der Waals surface area contributed by atoms with Crippen LogP contribution in [0.3, 0.4) is 0 Å². The van der Waals surface area contributed by atoms with E-state index in [1.807, 2.05) is 13.0 Å². The number of nitrogens with one attached hydrogen (secondary N) is 1. The maximum absolute atomic E-state index is 13.7. The van der Waals surface area contributed by atoms with E-state index in [2.05, 4.69) is 26.1 Å². The molecule has 1 aromatic carbocycles. The molecule has 0 saturated heterocycles. The third-order valence-corrected chi connectivity index (χ3v) is 5.84. The van der Waals surface area contributed by atoms with Gasteiger partial charge >= 0.3 is 0 Å². The Morgan fingerprint density at radius 2 is 2.00 bits per heavy atom. The van der Waals surface area contributed by atoms with Crippen LogP contribution in [-0.2, 0) is 0 Å². The molecule has 3 atom stereocenters. The van der Waals surface area contributed by atoms with E-state index in [1.165, 1.54) is 25.3 Å². The summed E-state index contributed by atoms with van der Waals surface area (Å²) in [6, 6.07) is 5.78. The molecule has 3 unspecified atom stereocenters. The molecule has 2 fully saturated rings. The van der Waals surface area contributed by atoms with E-state index in [1.54, 1.807) is 6.07 Å². The van der Waals surface area contributed by atoms with Crippen molar-refractivity contribution in [1.29, 1.82) is 0 Å². The summed E-state index contributed by atoms with van der Waals surface area (Å²) < 4.78 is 13.7. The second-order valence-electron chi connectivity index (χ2n) is 7.40. The summed E-state index contributed by atoms with van der Waals surface area (Å²) in [5, 5.41) is 3.67. The van der Waals surface area contributed by atoms with Gasteiger partial charge in [0.2, 0.25) is 0 Å². The van der Waals surface area contributed by atoms with Crippen molar-refractivity contribution in [3.05, 3.63) is 29.6 Å². The zero-order valence-corrected chi connectivity index (χ0v) is 12.4. The van der Waals surface area contributed by atoms with Crippen LogP contribution in [-0.4, -0.2) is 6.04 Å². The van der Waals surface area contributed by atoms with Crippen molar-refractivity contribution in [2.24, 2.45) is 16.7 Å². The molecule has 2 bridgehead atoms. The molecule has 0 radical (unpaired) electrons. The highest BCUT2D eigenvalue weighted by molar-refractivity contribution is 5.52. The van der Waals surface area contributed by atoms with Crippen molar-refractivity contribution in [3.63, 3.8) is 0 Å². The van der Waals surface area contributed by atoms with Gasteiger partial charge in [0.1, 0.15) is 5.82 Å². The Kier molecular flexibility index (Phi) is 2.71. The molecule has 2 aliphatic rings. The summed E-state index contributed by atoms with van der Waals surface area (Å²) in [5.41, 5.74) is 2.37. The topological polar surface area (TPSA) is 12.0 Å². The lowest BCUT2D eigenvalue weighted by Crippen LogP contribution is -2.45. The molecule has 1 aromatic rings. The molecule has 1 N–H and O–H groups in total. The molecule has 2 aliphatic carbocycles. The molecule has 0 spiro atoms. The van der Waals surface area contributed by atoms with Crippen LogP contribution >= 0.6 is 0 Å². The van der Waals surface area contributed by atoms with Crippen molar-refractivity contribution in [3.8, 4) is 0 Å². The molecule has 3 rings (SSSR count). The summed E-state index contributed by atoms with van der Waals surface area (Å²) >= 11 is 0. The van der Waals surface area contributed by atoms with Gasteiger partial charge < -0.3 is 5.32 Å². The lowest BCUT2D eigenvalue weighted by atomic mass is 9.68. The Balaban J connectivity index is 1.93. The average Bonchev–Trinajstić information content (AvgIpc) is 2.81. The van der Waals surface area contributed by atoms with Gasteiger partial charge in [-0.1, -0.05) is 26.8 Å². The Morgan fingerprint density at radius 1 is 1.26 bits per heavy atom. The molecule has 0 heterocycles. The maximum Gasteiger partial charge on any atom is 0.128 e. The lowest BCUT2D eigenvalue weighted by molar-refractivity contribution is 0.155. The van der Waals surface area contributed by atoms with E-state index in [0.29, 0.717) is 16.9 Å². The SMILES string of the molecule is Cc1c(F)cccc1NC1C2(C)CCC(C2)C1(C)C. The number of halogens is 1. The van der Waals surface area contributed by atoms with Crippen molar-refractivity contribution in [2.75, 3.05) is 5.32 Å². The minimum absolute atomic E-state index is 0.115. The van der Waals surface area contributed by atoms with Crippen LogP contribution in [0.25, 0.3) is 0 Å². The van der Waals surface area contributed by atoms with E-state index in [-0.39, 0.29) is 5.82 Å². The van der Waals surface area contributed by atoms with Gasteiger partial charge in [-0.05, 0) is 55.1 Å². The first kappa shape index (κ1) is 13.0. The van der Waals surface area contributed by atoms with Gasteiger partial charge in [0, 0.05) is 17.3 Å². The monoisotopic (exact) mass is 261 g/mol. The summed E-state index contributed by atoms with van der Waals surface area (Å²) in [6.07, 6.45) is 3.96. The minimum Gasteiger partial charge on any atom is -0.381 e. The van der Waals surface area contributed by atoms with E-state index in [0.717, 1.165) is 17.2 Å². The smallest absolute Gasteiger partial charge is 0.128 e. The van der Waals surface area contributed by atoms with Crippen molar-refractivity contribution >= 4 is 5.69 Å². The number of anilines is 1. The van der Waals surface area contributed by atoms with Gasteiger partial charge in [0.05, 0.1) is 0 Å². The first-order valence-electron chi connectivity index (χ1n) is 7.36. The van der Waals surface area contributed by atoms with Gasteiger partial charge in [0.25, 0.3) is 0 Å². The fourth-order valence-electron chi connectivity index (χ4n) is 4.58. The van der Waals surface area contributed by atoms with Crippen molar-refractivity contribution in [2.45, 2.75) is 53.0 Å². The van der Waals surface area contributed by atoms with E-state index in [9.17, 15) is 4.39 Å². The number of hydrogen-bond acceptors (Lipinski definition) is 1. The van der Waals surface area contributed by atoms with Gasteiger partial charge in [-0.2, -0.15) is 0 Å². The van der Waals surface area contributed by atoms with Crippen LogP contribution in [0, 0.1) is 29.5 Å². The van der Waals surface area contributed by atoms with Crippen LogP contribution < -0.4 is 5.32 Å². The van der Waals surface area contributed by atoms with Gasteiger partial charge in [-0.15, -0.1) is 0 Å². The lowest BCUT2D eigenvalue weighted by Gasteiger charge is -2.44. The van der Waals surface area contributed by atoms with Crippen molar-refractivity contribution in [1.82, 2.24) is 0 Å². The molecule has 0 aliphatic heterocycles. The summed E-state index contributed by atoms with van der Waals surface area (Å²) in [6.45, 7) is 9.00. The van der Waals surface area contributed by atoms with Crippen LogP contribution in [0.5, 0.6) is 0 Å². The van der Waals surface area contributed by atoms with Crippen LogP contribution in [0.4, 0.5) is 10.1 Å². The van der Waals surface area contributed by atoms with Crippen LogP contribution in [0.2, 0.25) is 0 Å². The van der Waals surface area contributed by atoms with Gasteiger partial charge in [0.15, 0.2) is 0 Å². The first-order valence-corrected chi connectivity index (χ1v) is 7.36. The molecule has 2 saturated carbocycles. The largest absolute Gasteiger partial charge is 0.381 e. The second-order valence-corrected chi connectivity index (χ2v) is 7.40. The fraction of sp³-hybridized carbons (Fsp3) is 0.647. The average molecular weight is 261 g/mol. The van der Waals surface area contributed by atoms with E-state index >= 15 is 0 Å². The minimum atomic E-state index is -0.115. The molecule has 0 aromatic heterocycles. The number of hydrogen-bond donors (Lipinski definition) is 1. The molecule has 19 heavy (non-hydrogen) atoms. The molecule has 1 nitrogen and oxygen atoms in total. The molecule has 104 valence electrons. The highest BCUT2D eigenvalue weighted by Crippen LogP contribution is 2.63. The summed E-state index contributed by atoms with van der Waals surface area (Å²) in [5.74, 6) is 0.694. The third-order valence-electron chi connectivity index (χ3n) is 5.84. The van der Waals surface area contributed by atoms with Crippen LogP contribution in [0.15, 0.2) is 18.2 Å². The summed E-state index contributed by atoms with van der Waals surface area (Å²) in [4.78, 5) is 0. The third kappa shape index (κ3) is 1.79. The summed E-state index contributed by atoms with van der Waals surface area (Å²) in [7, 11) is 0. The van der Waals surface area contributed by atoms with Gasteiger partial charge in [-0.25, -0.2) is 4.39 Å². The fourth-order valence-corrected chi connectivity index (χ4v) is 4.58. The quantitative estimate of drug-likeness (QED) is 0.809. The molecular formula is C17H24FN. The zero-order chi connectivity index (χ0) is 13.8. The zero-order valence-electron chi connectivity index (χ0n) is 12.4. The first-order chi connectivity index (χ1) is 8.84. The highest BCUT2D eigenvalue weighted by Gasteiger charge is 2.59. The molecule has 0 amide bonds. The number of benzene rings is 1. The maximum atomic E-state index is 13.7. The Labute approximate surface area is 115 Å². The van der Waals surface area contributed by atoms with Gasteiger partial charge in [-0.3, -0.25) is 0 Å². The van der Waals surface area contributed by atoms with Crippen LogP contribution in [0.1, 0.15) is 45.6 Å². The normalized spacial score (nSPS) is 35.6.